The Morgan fingerprint density at radius 2 is 1.80 bits per heavy atom. The predicted molar refractivity (Wildman–Crippen MR) is 81.2 cm³/mol. The molecule has 0 fully saturated rings. The van der Waals surface area contributed by atoms with Crippen LogP contribution < -0.4 is 11.3 Å². The highest BCUT2D eigenvalue weighted by Crippen LogP contribution is 2.20. The summed E-state index contributed by atoms with van der Waals surface area (Å²) in [5.41, 5.74) is 8.92. The van der Waals surface area contributed by atoms with E-state index in [9.17, 15) is 4.79 Å². The van der Waals surface area contributed by atoms with Crippen molar-refractivity contribution in [1.29, 1.82) is 0 Å². The molecule has 0 aliphatic carbocycles. The zero-order chi connectivity index (χ0) is 14.3. The average molecular weight is 265 g/mol. The molecule has 0 spiro atoms. The van der Waals surface area contributed by atoms with Gasteiger partial charge < -0.3 is 5.73 Å². The summed E-state index contributed by atoms with van der Waals surface area (Å²) < 4.78 is 1.62. The Kier molecular flexibility index (Phi) is 2.79. The second kappa shape index (κ2) is 4.49. The molecule has 0 radical (unpaired) electrons. The molecular weight excluding hydrogens is 250 g/mol. The molecule has 0 bridgehead atoms. The number of anilines is 1. The van der Waals surface area contributed by atoms with Crippen molar-refractivity contribution in [3.63, 3.8) is 0 Å². The van der Waals surface area contributed by atoms with Gasteiger partial charge in [0.05, 0.1) is 16.6 Å². The second-order valence-corrected chi connectivity index (χ2v) is 4.81. The smallest absolute Gasteiger partial charge is 0.265 e. The quantitative estimate of drug-likeness (QED) is 0.688. The molecule has 0 unspecified atom stereocenters. The van der Waals surface area contributed by atoms with Crippen LogP contribution in [0.3, 0.4) is 0 Å². The van der Waals surface area contributed by atoms with Crippen molar-refractivity contribution < 1.29 is 0 Å². The molecule has 0 amide bonds. The van der Waals surface area contributed by atoms with Crippen molar-refractivity contribution in [2.75, 3.05) is 5.73 Å². The maximum Gasteiger partial charge on any atom is 0.265 e. The van der Waals surface area contributed by atoms with Gasteiger partial charge in [-0.15, -0.1) is 0 Å². The first-order chi connectivity index (χ1) is 9.59. The number of nitrogen functional groups attached to an aromatic ring is 1. The number of aromatic nitrogens is 2. The molecule has 100 valence electrons. The van der Waals surface area contributed by atoms with Crippen LogP contribution in [0, 0.1) is 13.8 Å². The Morgan fingerprint density at radius 3 is 2.60 bits per heavy atom. The van der Waals surface area contributed by atoms with Gasteiger partial charge >= 0.3 is 0 Å². The van der Waals surface area contributed by atoms with E-state index in [-0.39, 0.29) is 5.56 Å². The lowest BCUT2D eigenvalue weighted by Crippen LogP contribution is -2.23. The Morgan fingerprint density at radius 1 is 1.05 bits per heavy atom. The molecule has 0 aliphatic heterocycles. The minimum absolute atomic E-state index is 0.0678. The summed E-state index contributed by atoms with van der Waals surface area (Å²) in [4.78, 5) is 17.2. The van der Waals surface area contributed by atoms with E-state index in [0.717, 1.165) is 11.3 Å². The first-order valence-corrected chi connectivity index (χ1v) is 6.43. The van der Waals surface area contributed by atoms with Crippen molar-refractivity contribution in [1.82, 2.24) is 9.55 Å². The Labute approximate surface area is 116 Å². The van der Waals surface area contributed by atoms with E-state index in [1.165, 1.54) is 0 Å². The predicted octanol–water partition coefficient (Wildman–Crippen LogP) is 2.58. The van der Waals surface area contributed by atoms with Crippen LogP contribution in [-0.4, -0.2) is 9.55 Å². The molecule has 4 nitrogen and oxygen atoms in total. The fraction of sp³-hybridized carbons (Fsp3) is 0.125. The summed E-state index contributed by atoms with van der Waals surface area (Å²) in [6.45, 7) is 3.74. The molecule has 2 aromatic carbocycles. The van der Waals surface area contributed by atoms with Gasteiger partial charge in [0, 0.05) is 5.69 Å². The third-order valence-corrected chi connectivity index (χ3v) is 3.53. The molecule has 3 rings (SSSR count). The molecule has 2 N–H and O–H groups in total. The first kappa shape index (κ1) is 12.4. The van der Waals surface area contributed by atoms with Crippen LogP contribution in [0.1, 0.15) is 11.4 Å². The van der Waals surface area contributed by atoms with Crippen molar-refractivity contribution >= 4 is 16.6 Å². The van der Waals surface area contributed by atoms with Gasteiger partial charge in [-0.05, 0) is 43.7 Å². The molecule has 0 atom stereocenters. The van der Waals surface area contributed by atoms with Crippen LogP contribution in [0.15, 0.2) is 47.3 Å². The Bertz CT molecular complexity index is 865. The van der Waals surface area contributed by atoms with Crippen LogP contribution >= 0.6 is 0 Å². The molecule has 3 aromatic rings. The van der Waals surface area contributed by atoms with Gasteiger partial charge in [-0.3, -0.25) is 9.36 Å². The number of aryl methyl sites for hydroxylation is 1. The highest BCUT2D eigenvalue weighted by atomic mass is 16.1. The van der Waals surface area contributed by atoms with Crippen molar-refractivity contribution in [3.8, 4) is 5.69 Å². The zero-order valence-corrected chi connectivity index (χ0v) is 11.4. The van der Waals surface area contributed by atoms with Gasteiger partial charge in [0.2, 0.25) is 0 Å². The van der Waals surface area contributed by atoms with Gasteiger partial charge in [0.25, 0.3) is 5.56 Å². The van der Waals surface area contributed by atoms with Gasteiger partial charge in [-0.2, -0.15) is 0 Å². The summed E-state index contributed by atoms with van der Waals surface area (Å²) in [5.74, 6) is 0.655. The first-order valence-electron chi connectivity index (χ1n) is 6.43. The summed E-state index contributed by atoms with van der Waals surface area (Å²) >= 11 is 0. The van der Waals surface area contributed by atoms with E-state index in [0.29, 0.717) is 22.4 Å². The third kappa shape index (κ3) is 1.77. The maximum atomic E-state index is 12.7. The molecule has 1 heterocycles. The minimum atomic E-state index is -0.0678. The number of rotatable bonds is 1. The van der Waals surface area contributed by atoms with Crippen molar-refractivity contribution in [2.24, 2.45) is 0 Å². The van der Waals surface area contributed by atoms with Gasteiger partial charge in [-0.25, -0.2) is 4.98 Å². The number of nitrogens with two attached hydrogens (primary N) is 1. The lowest BCUT2D eigenvalue weighted by molar-refractivity contribution is 0.888. The van der Waals surface area contributed by atoms with Crippen LogP contribution in [0.2, 0.25) is 0 Å². The van der Waals surface area contributed by atoms with Crippen molar-refractivity contribution in [3.05, 3.63) is 64.2 Å². The average Bonchev–Trinajstić information content (AvgIpc) is 2.43. The lowest BCUT2D eigenvalue weighted by atomic mass is 10.1. The van der Waals surface area contributed by atoms with Gasteiger partial charge in [-0.1, -0.05) is 18.2 Å². The largest absolute Gasteiger partial charge is 0.398 e. The number of hydrogen-bond acceptors (Lipinski definition) is 3. The van der Waals surface area contributed by atoms with Gasteiger partial charge in [0.1, 0.15) is 5.82 Å². The van der Waals surface area contributed by atoms with Gasteiger partial charge in [0.15, 0.2) is 0 Å². The molecular formula is C16H15N3O. The maximum absolute atomic E-state index is 12.7. The standard InChI is InChI=1S/C16H15N3O/c1-10-13(17)7-5-9-15(10)19-11(2)18-14-8-4-3-6-12(14)16(19)20/h3-9H,17H2,1-2H3. The van der Waals surface area contributed by atoms with E-state index in [1.807, 2.05) is 50.2 Å². The minimum Gasteiger partial charge on any atom is -0.398 e. The Balaban J connectivity index is 2.43. The topological polar surface area (TPSA) is 60.9 Å². The molecule has 0 saturated carbocycles. The summed E-state index contributed by atoms with van der Waals surface area (Å²) in [5, 5.41) is 0.611. The zero-order valence-electron chi connectivity index (χ0n) is 11.4. The molecule has 0 aliphatic rings. The Hall–Kier alpha value is -2.62. The SMILES string of the molecule is Cc1c(N)cccc1-n1c(C)nc2ccccc2c1=O. The number of para-hydroxylation sites is 1. The molecule has 0 saturated heterocycles. The van der Waals surface area contributed by atoms with Crippen molar-refractivity contribution in [2.45, 2.75) is 13.8 Å². The second-order valence-electron chi connectivity index (χ2n) is 4.81. The highest BCUT2D eigenvalue weighted by Gasteiger charge is 2.12. The van der Waals surface area contributed by atoms with Crippen LogP contribution in [0.5, 0.6) is 0 Å². The van der Waals surface area contributed by atoms with E-state index in [4.69, 9.17) is 5.73 Å². The third-order valence-electron chi connectivity index (χ3n) is 3.53. The summed E-state index contributed by atoms with van der Waals surface area (Å²) in [7, 11) is 0. The lowest BCUT2D eigenvalue weighted by Gasteiger charge is -2.14. The highest BCUT2D eigenvalue weighted by molar-refractivity contribution is 5.78. The summed E-state index contributed by atoms with van der Waals surface area (Å²) in [6, 6.07) is 12.9. The van der Waals surface area contributed by atoms with Crippen LogP contribution in [-0.2, 0) is 0 Å². The molecule has 4 heteroatoms. The van der Waals surface area contributed by atoms with E-state index < -0.39 is 0 Å². The number of nitrogens with zero attached hydrogens (tertiary/aromatic N) is 2. The number of fused-ring (bicyclic) bond motifs is 1. The normalized spacial score (nSPS) is 10.9. The van der Waals surface area contributed by atoms with E-state index >= 15 is 0 Å². The monoisotopic (exact) mass is 265 g/mol. The van der Waals surface area contributed by atoms with Crippen LogP contribution in [0.25, 0.3) is 16.6 Å². The fourth-order valence-electron chi connectivity index (χ4n) is 2.41. The number of hydrogen-bond donors (Lipinski definition) is 1. The number of benzene rings is 2. The molecule has 1 aromatic heterocycles. The summed E-state index contributed by atoms with van der Waals surface area (Å²) in [6.07, 6.45) is 0. The van der Waals surface area contributed by atoms with E-state index in [1.54, 1.807) is 10.6 Å². The molecule has 20 heavy (non-hydrogen) atoms. The van der Waals surface area contributed by atoms with E-state index in [2.05, 4.69) is 4.98 Å². The van der Waals surface area contributed by atoms with Crippen LogP contribution in [0.4, 0.5) is 5.69 Å². The fourth-order valence-corrected chi connectivity index (χ4v) is 2.41.